The average molecular weight is 432 g/mol. The molecule has 1 N–H and O–H groups in total. The van der Waals surface area contributed by atoms with Crippen LogP contribution in [-0.2, 0) is 27.6 Å². The number of carbonyl (C=O) groups excluding carboxylic acids is 2. The second-order valence-electron chi connectivity index (χ2n) is 6.76. The molecular formula is C21H21NO5S2. The van der Waals surface area contributed by atoms with Crippen LogP contribution in [0.25, 0.3) is 0 Å². The number of hydrogen-bond acceptors (Lipinski definition) is 6. The van der Waals surface area contributed by atoms with Gasteiger partial charge in [0.2, 0.25) is 11.7 Å². The van der Waals surface area contributed by atoms with Crippen molar-refractivity contribution in [3.8, 4) is 0 Å². The van der Waals surface area contributed by atoms with Crippen LogP contribution in [0.4, 0.5) is 0 Å². The number of furan rings is 1. The van der Waals surface area contributed by atoms with E-state index in [-0.39, 0.29) is 28.8 Å². The van der Waals surface area contributed by atoms with Crippen molar-refractivity contribution in [1.82, 2.24) is 5.32 Å². The molecule has 0 aliphatic rings. The van der Waals surface area contributed by atoms with E-state index in [4.69, 9.17) is 4.42 Å². The third-order valence-corrected chi connectivity index (χ3v) is 7.58. The molecular weight excluding hydrogens is 410 g/mol. The SMILES string of the molecule is CC(C)S(=O)(=O)c1ccc(CC(=O)NCc2ccc(C(=O)c3ccco3)s2)cc1. The average Bonchev–Trinajstić information content (AvgIpc) is 3.38. The number of thiophene rings is 1. The predicted octanol–water partition coefficient (Wildman–Crippen LogP) is 3.61. The number of carbonyl (C=O) groups is 2. The molecule has 0 bridgehead atoms. The zero-order chi connectivity index (χ0) is 21.0. The van der Waals surface area contributed by atoms with E-state index in [0.717, 1.165) is 10.4 Å². The summed E-state index contributed by atoms with van der Waals surface area (Å²) in [6, 6.07) is 13.2. The summed E-state index contributed by atoms with van der Waals surface area (Å²) in [4.78, 5) is 26.1. The lowest BCUT2D eigenvalue weighted by Crippen LogP contribution is -2.24. The molecule has 8 heteroatoms. The molecule has 1 amide bonds. The molecule has 3 rings (SSSR count). The summed E-state index contributed by atoms with van der Waals surface area (Å²) in [6.07, 6.45) is 1.60. The molecule has 0 saturated heterocycles. The molecule has 0 aliphatic heterocycles. The van der Waals surface area contributed by atoms with Gasteiger partial charge in [-0.25, -0.2) is 8.42 Å². The van der Waals surface area contributed by atoms with E-state index < -0.39 is 15.1 Å². The Morgan fingerprint density at radius 3 is 2.41 bits per heavy atom. The van der Waals surface area contributed by atoms with Gasteiger partial charge in [-0.15, -0.1) is 11.3 Å². The van der Waals surface area contributed by atoms with Crippen LogP contribution in [0.2, 0.25) is 0 Å². The van der Waals surface area contributed by atoms with Crippen LogP contribution in [0, 0.1) is 0 Å². The monoisotopic (exact) mass is 431 g/mol. The maximum absolute atomic E-state index is 12.2. The Bertz CT molecular complexity index is 1090. The van der Waals surface area contributed by atoms with Crippen LogP contribution < -0.4 is 5.32 Å². The summed E-state index contributed by atoms with van der Waals surface area (Å²) in [7, 11) is -3.32. The highest BCUT2D eigenvalue weighted by molar-refractivity contribution is 7.92. The van der Waals surface area contributed by atoms with E-state index >= 15 is 0 Å². The van der Waals surface area contributed by atoms with Gasteiger partial charge in [0.25, 0.3) is 0 Å². The third kappa shape index (κ3) is 5.02. The van der Waals surface area contributed by atoms with Crippen LogP contribution in [0.5, 0.6) is 0 Å². The van der Waals surface area contributed by atoms with E-state index in [1.165, 1.54) is 29.7 Å². The summed E-state index contributed by atoms with van der Waals surface area (Å²) < 4.78 is 29.4. The Morgan fingerprint density at radius 2 is 1.79 bits per heavy atom. The van der Waals surface area contributed by atoms with Gasteiger partial charge in [-0.2, -0.15) is 0 Å². The topological polar surface area (TPSA) is 93.5 Å². The molecule has 2 heterocycles. The molecule has 152 valence electrons. The van der Waals surface area contributed by atoms with Crippen LogP contribution in [0.1, 0.15) is 39.7 Å². The number of nitrogens with one attached hydrogen (secondary N) is 1. The molecule has 0 radical (unpaired) electrons. The van der Waals surface area contributed by atoms with Gasteiger partial charge in [0.05, 0.1) is 34.3 Å². The molecule has 29 heavy (non-hydrogen) atoms. The van der Waals surface area contributed by atoms with Crippen molar-refractivity contribution in [2.75, 3.05) is 0 Å². The third-order valence-electron chi connectivity index (χ3n) is 4.33. The molecule has 0 fully saturated rings. The lowest BCUT2D eigenvalue weighted by Gasteiger charge is -2.09. The van der Waals surface area contributed by atoms with Gasteiger partial charge >= 0.3 is 0 Å². The normalized spacial score (nSPS) is 11.6. The largest absolute Gasteiger partial charge is 0.461 e. The summed E-state index contributed by atoms with van der Waals surface area (Å²) >= 11 is 1.30. The first-order valence-corrected chi connectivity index (χ1v) is 11.4. The van der Waals surface area contributed by atoms with E-state index in [1.54, 1.807) is 50.2 Å². The number of amides is 1. The lowest BCUT2D eigenvalue weighted by atomic mass is 10.1. The molecule has 0 saturated carbocycles. The molecule has 0 unspecified atom stereocenters. The zero-order valence-corrected chi connectivity index (χ0v) is 17.7. The Kier molecular flexibility index (Phi) is 6.34. The predicted molar refractivity (Wildman–Crippen MR) is 111 cm³/mol. The maximum atomic E-state index is 12.2. The van der Waals surface area contributed by atoms with Gasteiger partial charge in [0.15, 0.2) is 15.6 Å². The van der Waals surface area contributed by atoms with Crippen molar-refractivity contribution < 1.29 is 22.4 Å². The van der Waals surface area contributed by atoms with Gasteiger partial charge in [0, 0.05) is 4.88 Å². The molecule has 0 spiro atoms. The highest BCUT2D eigenvalue weighted by atomic mass is 32.2. The van der Waals surface area contributed by atoms with Crippen LogP contribution in [0.15, 0.2) is 64.1 Å². The quantitative estimate of drug-likeness (QED) is 0.550. The fourth-order valence-corrected chi connectivity index (χ4v) is 4.58. The first-order chi connectivity index (χ1) is 13.8. The number of ketones is 1. The number of hydrogen-bond donors (Lipinski definition) is 1. The minimum Gasteiger partial charge on any atom is -0.461 e. The highest BCUT2D eigenvalue weighted by Crippen LogP contribution is 2.20. The van der Waals surface area contributed by atoms with Crippen molar-refractivity contribution >= 4 is 32.9 Å². The maximum Gasteiger partial charge on any atom is 0.238 e. The zero-order valence-electron chi connectivity index (χ0n) is 16.0. The summed E-state index contributed by atoms with van der Waals surface area (Å²) in [5.41, 5.74) is 0.727. The van der Waals surface area contributed by atoms with Gasteiger partial charge in [-0.05, 0) is 55.8 Å². The minimum absolute atomic E-state index is 0.144. The molecule has 6 nitrogen and oxygen atoms in total. The van der Waals surface area contributed by atoms with Crippen LogP contribution in [0.3, 0.4) is 0 Å². The van der Waals surface area contributed by atoms with Crippen LogP contribution in [-0.4, -0.2) is 25.4 Å². The molecule has 1 aromatic carbocycles. The molecule has 3 aromatic rings. The Balaban J connectivity index is 1.55. The fraction of sp³-hybridized carbons (Fsp3) is 0.238. The van der Waals surface area contributed by atoms with Gasteiger partial charge in [-0.1, -0.05) is 12.1 Å². The van der Waals surface area contributed by atoms with Crippen molar-refractivity contribution in [3.63, 3.8) is 0 Å². The van der Waals surface area contributed by atoms with Crippen LogP contribution >= 0.6 is 11.3 Å². The molecule has 0 atom stereocenters. The van der Waals surface area contributed by atoms with Gasteiger partial charge in [-0.3, -0.25) is 9.59 Å². The van der Waals surface area contributed by atoms with Crippen molar-refractivity contribution in [3.05, 3.63) is 75.9 Å². The Labute approximate surface area is 173 Å². The highest BCUT2D eigenvalue weighted by Gasteiger charge is 2.19. The summed E-state index contributed by atoms with van der Waals surface area (Å²) in [5, 5.41) is 2.32. The minimum atomic E-state index is -3.32. The second-order valence-corrected chi connectivity index (χ2v) is 10.4. The summed E-state index contributed by atoms with van der Waals surface area (Å²) in [6.45, 7) is 3.58. The van der Waals surface area contributed by atoms with Crippen molar-refractivity contribution in [2.24, 2.45) is 0 Å². The van der Waals surface area contributed by atoms with Gasteiger partial charge < -0.3 is 9.73 Å². The standard InChI is InChI=1S/C21H21NO5S2/c1-14(2)29(25,26)17-8-5-15(6-9-17)12-20(23)22-13-16-7-10-19(28-16)21(24)18-4-3-11-27-18/h3-11,14H,12-13H2,1-2H3,(H,22,23). The van der Waals surface area contributed by atoms with E-state index in [9.17, 15) is 18.0 Å². The first kappa shape index (κ1) is 21.0. The van der Waals surface area contributed by atoms with E-state index in [1.807, 2.05) is 0 Å². The Hall–Kier alpha value is -2.71. The summed E-state index contributed by atoms with van der Waals surface area (Å²) in [5.74, 6) is -0.0869. The van der Waals surface area contributed by atoms with Crippen molar-refractivity contribution in [2.45, 2.75) is 37.0 Å². The lowest BCUT2D eigenvalue weighted by molar-refractivity contribution is -0.120. The Morgan fingerprint density at radius 1 is 1.07 bits per heavy atom. The first-order valence-electron chi connectivity index (χ1n) is 9.04. The number of benzene rings is 1. The fourth-order valence-electron chi connectivity index (χ4n) is 2.63. The van der Waals surface area contributed by atoms with Gasteiger partial charge in [0.1, 0.15) is 0 Å². The van der Waals surface area contributed by atoms with E-state index in [2.05, 4.69) is 5.32 Å². The molecule has 0 aliphatic carbocycles. The number of rotatable bonds is 8. The van der Waals surface area contributed by atoms with E-state index in [0.29, 0.717) is 11.4 Å². The number of sulfone groups is 1. The second kappa shape index (κ2) is 8.75. The molecule has 2 aromatic heterocycles. The smallest absolute Gasteiger partial charge is 0.238 e. The van der Waals surface area contributed by atoms with Crippen molar-refractivity contribution in [1.29, 1.82) is 0 Å².